The van der Waals surface area contributed by atoms with Crippen LogP contribution in [0.3, 0.4) is 0 Å². The van der Waals surface area contributed by atoms with E-state index in [1.807, 2.05) is 24.1 Å². The van der Waals surface area contributed by atoms with Gasteiger partial charge in [-0.05, 0) is 36.5 Å². The van der Waals surface area contributed by atoms with Crippen molar-refractivity contribution in [1.82, 2.24) is 14.5 Å². The Morgan fingerprint density at radius 3 is 2.75 bits per heavy atom. The SMILES string of the molecule is COc1ccc(CC2CCN(C(=O)c3cncn3C)C2)cc1OC. The summed E-state index contributed by atoms with van der Waals surface area (Å²) in [6.07, 6.45) is 5.22. The molecule has 1 aromatic heterocycles. The lowest BCUT2D eigenvalue weighted by Crippen LogP contribution is -2.30. The second-order valence-electron chi connectivity index (χ2n) is 6.19. The van der Waals surface area contributed by atoms with Gasteiger partial charge in [-0.1, -0.05) is 6.07 Å². The lowest BCUT2D eigenvalue weighted by atomic mass is 9.98. The van der Waals surface area contributed by atoms with E-state index in [1.54, 1.807) is 31.3 Å². The van der Waals surface area contributed by atoms with Crippen LogP contribution >= 0.6 is 0 Å². The third kappa shape index (κ3) is 3.22. The van der Waals surface area contributed by atoms with Crippen LogP contribution in [0.5, 0.6) is 11.5 Å². The zero-order chi connectivity index (χ0) is 17.1. The number of carbonyl (C=O) groups excluding carboxylic acids is 1. The Bertz CT molecular complexity index is 726. The van der Waals surface area contributed by atoms with Crippen molar-refractivity contribution in [2.75, 3.05) is 27.3 Å². The molecule has 1 amide bonds. The van der Waals surface area contributed by atoms with Crippen LogP contribution in [0.25, 0.3) is 0 Å². The van der Waals surface area contributed by atoms with Crippen molar-refractivity contribution in [3.05, 3.63) is 42.0 Å². The Morgan fingerprint density at radius 2 is 2.08 bits per heavy atom. The predicted molar refractivity (Wildman–Crippen MR) is 90.5 cm³/mol. The van der Waals surface area contributed by atoms with Crippen LogP contribution in [0, 0.1) is 5.92 Å². The molecule has 1 aromatic carbocycles. The molecule has 0 aliphatic carbocycles. The summed E-state index contributed by atoms with van der Waals surface area (Å²) < 4.78 is 12.4. The van der Waals surface area contributed by atoms with Crippen LogP contribution in [0.2, 0.25) is 0 Å². The molecule has 128 valence electrons. The number of amides is 1. The van der Waals surface area contributed by atoms with Crippen molar-refractivity contribution >= 4 is 5.91 Å². The van der Waals surface area contributed by atoms with Crippen LogP contribution in [-0.2, 0) is 13.5 Å². The van der Waals surface area contributed by atoms with E-state index in [0.29, 0.717) is 11.6 Å². The van der Waals surface area contributed by atoms with Gasteiger partial charge in [0.1, 0.15) is 5.69 Å². The molecule has 1 aliphatic rings. The number of aromatic nitrogens is 2. The summed E-state index contributed by atoms with van der Waals surface area (Å²) >= 11 is 0. The van der Waals surface area contributed by atoms with Gasteiger partial charge in [0.05, 0.1) is 26.7 Å². The summed E-state index contributed by atoms with van der Waals surface area (Å²) in [5.41, 5.74) is 1.84. The number of aryl methyl sites for hydroxylation is 1. The minimum absolute atomic E-state index is 0.0600. The highest BCUT2D eigenvalue weighted by Crippen LogP contribution is 2.30. The standard InChI is InChI=1S/C18H23N3O3/c1-20-12-19-10-15(20)18(22)21-7-6-14(11-21)8-13-4-5-16(23-2)17(9-13)24-3/h4-5,9-10,12,14H,6-8,11H2,1-3H3. The largest absolute Gasteiger partial charge is 0.493 e. The molecule has 1 atom stereocenters. The van der Waals surface area contributed by atoms with Gasteiger partial charge in [0.15, 0.2) is 11.5 Å². The van der Waals surface area contributed by atoms with E-state index in [2.05, 4.69) is 11.1 Å². The minimum Gasteiger partial charge on any atom is -0.493 e. The van der Waals surface area contributed by atoms with E-state index in [1.165, 1.54) is 5.56 Å². The summed E-state index contributed by atoms with van der Waals surface area (Å²) in [4.78, 5) is 18.5. The molecule has 6 heteroatoms. The number of hydrogen-bond acceptors (Lipinski definition) is 4. The Morgan fingerprint density at radius 1 is 1.29 bits per heavy atom. The van der Waals surface area contributed by atoms with Gasteiger partial charge < -0.3 is 18.9 Å². The Hall–Kier alpha value is -2.50. The Balaban J connectivity index is 1.64. The number of likely N-dealkylation sites (tertiary alicyclic amines) is 1. The molecular weight excluding hydrogens is 306 g/mol. The van der Waals surface area contributed by atoms with Gasteiger partial charge in [0.2, 0.25) is 0 Å². The summed E-state index contributed by atoms with van der Waals surface area (Å²) in [5.74, 6) is 2.00. The van der Waals surface area contributed by atoms with Crippen LogP contribution < -0.4 is 9.47 Å². The maximum absolute atomic E-state index is 12.5. The van der Waals surface area contributed by atoms with Crippen LogP contribution in [0.4, 0.5) is 0 Å². The molecule has 0 saturated carbocycles. The van der Waals surface area contributed by atoms with Crippen molar-refractivity contribution < 1.29 is 14.3 Å². The van der Waals surface area contributed by atoms with E-state index in [-0.39, 0.29) is 5.91 Å². The first-order chi connectivity index (χ1) is 11.6. The maximum Gasteiger partial charge on any atom is 0.272 e. The predicted octanol–water partition coefficient (Wildman–Crippen LogP) is 2.14. The van der Waals surface area contributed by atoms with Gasteiger partial charge in [0, 0.05) is 20.1 Å². The summed E-state index contributed by atoms with van der Waals surface area (Å²) in [7, 11) is 5.12. The highest BCUT2D eigenvalue weighted by molar-refractivity contribution is 5.92. The zero-order valence-corrected chi connectivity index (χ0v) is 14.4. The van der Waals surface area contributed by atoms with Gasteiger partial charge in [-0.3, -0.25) is 4.79 Å². The highest BCUT2D eigenvalue weighted by Gasteiger charge is 2.28. The molecule has 1 unspecified atom stereocenters. The Labute approximate surface area is 142 Å². The molecule has 6 nitrogen and oxygen atoms in total. The van der Waals surface area contributed by atoms with Crippen LogP contribution in [0.15, 0.2) is 30.7 Å². The van der Waals surface area contributed by atoms with Gasteiger partial charge in [0.25, 0.3) is 5.91 Å². The first-order valence-electron chi connectivity index (χ1n) is 8.09. The van der Waals surface area contributed by atoms with Crippen molar-refractivity contribution in [3.63, 3.8) is 0 Å². The number of rotatable bonds is 5. The fourth-order valence-electron chi connectivity index (χ4n) is 3.25. The van der Waals surface area contributed by atoms with Crippen LogP contribution in [0.1, 0.15) is 22.5 Å². The number of benzene rings is 1. The van der Waals surface area contributed by atoms with E-state index in [4.69, 9.17) is 9.47 Å². The summed E-state index contributed by atoms with van der Waals surface area (Å²) in [6, 6.07) is 6.01. The molecule has 1 saturated heterocycles. The van der Waals surface area contributed by atoms with Crippen molar-refractivity contribution in [3.8, 4) is 11.5 Å². The Kier molecular flexibility index (Phi) is 4.74. The molecule has 1 fully saturated rings. The number of hydrogen-bond donors (Lipinski definition) is 0. The average molecular weight is 329 g/mol. The fourth-order valence-corrected chi connectivity index (χ4v) is 3.25. The number of nitrogens with zero attached hydrogens (tertiary/aromatic N) is 3. The summed E-state index contributed by atoms with van der Waals surface area (Å²) in [5, 5.41) is 0. The van der Waals surface area contributed by atoms with Crippen molar-refractivity contribution in [2.45, 2.75) is 12.8 Å². The lowest BCUT2D eigenvalue weighted by molar-refractivity contribution is 0.0777. The second kappa shape index (κ2) is 6.95. The quantitative estimate of drug-likeness (QED) is 0.843. The van der Waals surface area contributed by atoms with Gasteiger partial charge in [-0.2, -0.15) is 0 Å². The first kappa shape index (κ1) is 16.4. The van der Waals surface area contributed by atoms with Gasteiger partial charge >= 0.3 is 0 Å². The topological polar surface area (TPSA) is 56.6 Å². The van der Waals surface area contributed by atoms with E-state index in [0.717, 1.165) is 37.4 Å². The van der Waals surface area contributed by atoms with Crippen molar-refractivity contribution in [2.24, 2.45) is 13.0 Å². The third-order valence-corrected chi connectivity index (χ3v) is 4.58. The fraction of sp³-hybridized carbons (Fsp3) is 0.444. The third-order valence-electron chi connectivity index (χ3n) is 4.58. The number of methoxy groups -OCH3 is 2. The average Bonchev–Trinajstić information content (AvgIpc) is 3.23. The van der Waals surface area contributed by atoms with E-state index in [9.17, 15) is 4.79 Å². The number of ether oxygens (including phenoxy) is 2. The zero-order valence-electron chi connectivity index (χ0n) is 14.4. The van der Waals surface area contributed by atoms with E-state index >= 15 is 0 Å². The summed E-state index contributed by atoms with van der Waals surface area (Å²) in [6.45, 7) is 1.57. The normalized spacial score (nSPS) is 17.1. The molecular formula is C18H23N3O3. The molecule has 0 N–H and O–H groups in total. The molecule has 2 heterocycles. The highest BCUT2D eigenvalue weighted by atomic mass is 16.5. The first-order valence-corrected chi connectivity index (χ1v) is 8.09. The molecule has 0 spiro atoms. The van der Waals surface area contributed by atoms with E-state index < -0.39 is 0 Å². The molecule has 0 radical (unpaired) electrons. The molecule has 24 heavy (non-hydrogen) atoms. The molecule has 0 bridgehead atoms. The minimum atomic E-state index is 0.0600. The maximum atomic E-state index is 12.5. The number of carbonyl (C=O) groups is 1. The van der Waals surface area contributed by atoms with Crippen LogP contribution in [-0.4, -0.2) is 47.7 Å². The second-order valence-corrected chi connectivity index (χ2v) is 6.19. The van der Waals surface area contributed by atoms with Gasteiger partial charge in [-0.15, -0.1) is 0 Å². The molecule has 1 aliphatic heterocycles. The monoisotopic (exact) mass is 329 g/mol. The number of imidazole rings is 1. The molecule has 3 rings (SSSR count). The smallest absolute Gasteiger partial charge is 0.272 e. The van der Waals surface area contributed by atoms with Crippen molar-refractivity contribution in [1.29, 1.82) is 0 Å². The molecule has 2 aromatic rings. The van der Waals surface area contributed by atoms with Gasteiger partial charge in [-0.25, -0.2) is 4.98 Å². The lowest BCUT2D eigenvalue weighted by Gasteiger charge is -2.17.